The highest BCUT2D eigenvalue weighted by molar-refractivity contribution is 7.91. The molecule has 2 aliphatic heterocycles. The van der Waals surface area contributed by atoms with Gasteiger partial charge in [-0.2, -0.15) is 26.3 Å². The molecule has 1 aromatic carbocycles. The van der Waals surface area contributed by atoms with Gasteiger partial charge in [0.05, 0.1) is 29.4 Å². The Labute approximate surface area is 346 Å². The quantitative estimate of drug-likeness (QED) is 0.228. The monoisotopic (exact) mass is 888 g/mol. The van der Waals surface area contributed by atoms with Crippen LogP contribution >= 0.6 is 0 Å². The number of ether oxygens (including phenoxy) is 3. The van der Waals surface area contributed by atoms with E-state index in [-0.39, 0.29) is 48.9 Å². The van der Waals surface area contributed by atoms with Crippen molar-refractivity contribution in [3.63, 3.8) is 0 Å². The van der Waals surface area contributed by atoms with E-state index in [0.717, 1.165) is 4.90 Å². The van der Waals surface area contributed by atoms with E-state index >= 15 is 0 Å². The maximum atomic E-state index is 14.5. The van der Waals surface area contributed by atoms with Crippen LogP contribution in [-0.4, -0.2) is 101 Å². The van der Waals surface area contributed by atoms with E-state index < -0.39 is 124 Å². The number of carbonyl (C=O) groups is 4. The molecule has 3 saturated carbocycles. The van der Waals surface area contributed by atoms with Gasteiger partial charge in [-0.15, -0.1) is 0 Å². The number of amides is 4. The fourth-order valence-electron chi connectivity index (χ4n) is 8.25. The van der Waals surface area contributed by atoms with Gasteiger partial charge in [-0.3, -0.25) is 19.1 Å². The second-order valence-electron chi connectivity index (χ2n) is 16.7. The van der Waals surface area contributed by atoms with E-state index in [4.69, 9.17) is 14.2 Å². The highest BCUT2D eigenvalue weighted by Crippen LogP contribution is 2.48. The van der Waals surface area contributed by atoms with Crippen LogP contribution in [0.4, 0.5) is 31.1 Å². The number of fused-ring (bicyclic) bond motifs is 3. The standard InChI is InChI=1S/C39H46F6N6O9S/c1-35(16-17-35)61(56,57)50-33(54)37-20-22(37)10-6-4-3-5-7-11-26(48-34(55)60-36(39(43,44)45)14-8-9-15-36)32(53)51-21-24(19-28(51)30(52)49-37)59-31-29(38(40,41)42)46-27-18-23(58-2)12-13-25(27)47-31/h6,10,12-13,18,22,24,26,28H,3-5,7-9,11,14-17,19-21H2,1-2H3,(H,48,55)(H,49,52)(H,50,54)/b10-6+/t22-,24-,26+,28+,37-/m1/s1. The average molecular weight is 889 g/mol. The van der Waals surface area contributed by atoms with Crippen molar-refractivity contribution in [2.45, 2.75) is 137 Å². The van der Waals surface area contributed by atoms with Gasteiger partial charge >= 0.3 is 18.4 Å². The zero-order valence-electron chi connectivity index (χ0n) is 33.3. The summed E-state index contributed by atoms with van der Waals surface area (Å²) >= 11 is 0. The first-order chi connectivity index (χ1) is 28.6. The molecule has 61 heavy (non-hydrogen) atoms. The third-order valence-corrected chi connectivity index (χ3v) is 14.5. The number of alkyl carbamates (subject to hydrolysis) is 1. The number of aromatic nitrogens is 2. The summed E-state index contributed by atoms with van der Waals surface area (Å²) in [6.07, 6.45) is -8.34. The minimum absolute atomic E-state index is 0.0112. The molecule has 7 rings (SSSR count). The fourth-order valence-corrected chi connectivity index (χ4v) is 9.57. The number of allylic oxidation sites excluding steroid dienone is 1. The number of nitrogens with zero attached hydrogens (tertiary/aromatic N) is 3. The van der Waals surface area contributed by atoms with Crippen molar-refractivity contribution < 1.29 is 68.1 Å². The molecule has 1 saturated heterocycles. The number of carbonyl (C=O) groups excluding carboxylic acids is 4. The first-order valence-corrected chi connectivity index (χ1v) is 21.6. The van der Waals surface area contributed by atoms with Crippen LogP contribution in [0, 0.1) is 5.92 Å². The molecule has 334 valence electrons. The van der Waals surface area contributed by atoms with Gasteiger partial charge in [-0.25, -0.2) is 23.2 Å². The molecule has 5 atom stereocenters. The van der Waals surface area contributed by atoms with Gasteiger partial charge in [-0.05, 0) is 83.3 Å². The molecule has 15 nitrogen and oxygen atoms in total. The van der Waals surface area contributed by atoms with E-state index in [1.807, 2.05) is 0 Å². The van der Waals surface area contributed by atoms with Gasteiger partial charge < -0.3 is 29.7 Å². The lowest BCUT2D eigenvalue weighted by atomic mass is 10.0. The summed E-state index contributed by atoms with van der Waals surface area (Å²) in [5.41, 5.74) is -6.27. The highest BCUT2D eigenvalue weighted by Gasteiger charge is 2.63. The summed E-state index contributed by atoms with van der Waals surface area (Å²) < 4.78 is 129. The summed E-state index contributed by atoms with van der Waals surface area (Å²) in [7, 11) is -2.86. The normalized spacial score (nSPS) is 28.3. The molecular formula is C39H46F6N6O9S. The van der Waals surface area contributed by atoms with Crippen LogP contribution in [0.5, 0.6) is 11.6 Å². The molecule has 2 aromatic rings. The number of rotatable bonds is 8. The SMILES string of the molecule is COc1ccc2nc(O[C@@H]3C[C@H]4C(=O)N[C@]5(C(=O)NS(=O)(=O)C6(C)CC6)C[C@H]5/C=C/CCCCC[C@H](NC(=O)OC5(C(F)(F)F)CCCC5)C(=O)N4C3)c(C(F)(F)F)nc2c1. The third-order valence-electron chi connectivity index (χ3n) is 12.4. The molecule has 0 bridgehead atoms. The van der Waals surface area contributed by atoms with Gasteiger partial charge in [0.15, 0.2) is 0 Å². The zero-order valence-corrected chi connectivity index (χ0v) is 34.1. The van der Waals surface area contributed by atoms with Gasteiger partial charge in [0.2, 0.25) is 39.0 Å². The summed E-state index contributed by atoms with van der Waals surface area (Å²) in [4.78, 5) is 64.7. The van der Waals surface area contributed by atoms with Crippen LogP contribution in [0.2, 0.25) is 0 Å². The van der Waals surface area contributed by atoms with Crippen molar-refractivity contribution in [2.24, 2.45) is 5.92 Å². The Morgan fingerprint density at radius 2 is 1.69 bits per heavy atom. The number of alkyl halides is 6. The minimum atomic E-state index is -5.09. The molecule has 3 N–H and O–H groups in total. The predicted molar refractivity (Wildman–Crippen MR) is 202 cm³/mol. The van der Waals surface area contributed by atoms with Crippen LogP contribution in [0.15, 0.2) is 30.4 Å². The summed E-state index contributed by atoms with van der Waals surface area (Å²) in [5.74, 6) is -4.42. The number of hydrogen-bond donors (Lipinski definition) is 3. The number of halogens is 6. The molecule has 1 aromatic heterocycles. The Hall–Kier alpha value is -4.89. The van der Waals surface area contributed by atoms with Crippen molar-refractivity contribution >= 4 is 44.9 Å². The van der Waals surface area contributed by atoms with Crippen LogP contribution in [0.25, 0.3) is 11.0 Å². The average Bonchev–Trinajstić information content (AvgIpc) is 3.97. The van der Waals surface area contributed by atoms with Crippen molar-refractivity contribution in [3.8, 4) is 11.6 Å². The number of benzene rings is 1. The molecule has 3 heterocycles. The lowest BCUT2D eigenvalue weighted by molar-refractivity contribution is -0.255. The van der Waals surface area contributed by atoms with E-state index in [0.29, 0.717) is 32.1 Å². The summed E-state index contributed by atoms with van der Waals surface area (Å²) in [6, 6.07) is 0.862. The maximum Gasteiger partial charge on any atom is 0.438 e. The minimum Gasteiger partial charge on any atom is -0.497 e. The van der Waals surface area contributed by atoms with Crippen molar-refractivity contribution in [1.29, 1.82) is 0 Å². The van der Waals surface area contributed by atoms with E-state index in [1.165, 1.54) is 32.2 Å². The van der Waals surface area contributed by atoms with Crippen LogP contribution in [-0.2, 0) is 35.3 Å². The topological polar surface area (TPSA) is 195 Å². The smallest absolute Gasteiger partial charge is 0.438 e. The van der Waals surface area contributed by atoms with E-state index in [2.05, 4.69) is 25.3 Å². The Morgan fingerprint density at radius 3 is 2.34 bits per heavy atom. The highest BCUT2D eigenvalue weighted by atomic mass is 32.2. The second-order valence-corrected chi connectivity index (χ2v) is 18.9. The van der Waals surface area contributed by atoms with Crippen LogP contribution in [0.1, 0.15) is 96.1 Å². The Balaban J connectivity index is 1.22. The van der Waals surface area contributed by atoms with Crippen molar-refractivity contribution in [3.05, 3.63) is 36.0 Å². The van der Waals surface area contributed by atoms with Gasteiger partial charge in [0.1, 0.15) is 29.5 Å². The van der Waals surface area contributed by atoms with Crippen molar-refractivity contribution in [2.75, 3.05) is 13.7 Å². The molecular weight excluding hydrogens is 843 g/mol. The second kappa shape index (κ2) is 16.1. The molecule has 5 aliphatic rings. The largest absolute Gasteiger partial charge is 0.497 e. The Bertz CT molecular complexity index is 2210. The van der Waals surface area contributed by atoms with Gasteiger partial charge in [-0.1, -0.05) is 25.0 Å². The molecule has 0 spiro atoms. The summed E-state index contributed by atoms with van der Waals surface area (Å²) in [5, 5.41) is 4.90. The Kier molecular flexibility index (Phi) is 11.7. The molecule has 3 aliphatic carbocycles. The van der Waals surface area contributed by atoms with Gasteiger partial charge in [0.25, 0.3) is 5.91 Å². The number of sulfonamides is 1. The number of methoxy groups -OCH3 is 1. The first kappa shape index (κ1) is 44.2. The lowest BCUT2D eigenvalue weighted by Gasteiger charge is -2.33. The molecule has 0 radical (unpaired) electrons. The number of nitrogens with one attached hydrogen (secondary N) is 3. The van der Waals surface area contributed by atoms with Gasteiger partial charge in [0, 0.05) is 18.4 Å². The molecule has 4 amide bonds. The third kappa shape index (κ3) is 8.91. The summed E-state index contributed by atoms with van der Waals surface area (Å²) in [6.45, 7) is 0.894. The fraction of sp³-hybridized carbons (Fsp3) is 0.641. The maximum absolute atomic E-state index is 14.5. The van der Waals surface area contributed by atoms with E-state index in [9.17, 15) is 53.9 Å². The van der Waals surface area contributed by atoms with Crippen LogP contribution in [0.3, 0.4) is 0 Å². The van der Waals surface area contributed by atoms with Crippen molar-refractivity contribution in [1.82, 2.24) is 30.2 Å². The number of hydrogen-bond acceptors (Lipinski definition) is 11. The lowest BCUT2D eigenvalue weighted by Crippen LogP contribution is -2.59. The molecule has 4 fully saturated rings. The van der Waals surface area contributed by atoms with Crippen LogP contribution < -0.4 is 24.8 Å². The zero-order chi connectivity index (χ0) is 44.2. The van der Waals surface area contributed by atoms with E-state index in [1.54, 1.807) is 12.2 Å². The predicted octanol–water partition coefficient (Wildman–Crippen LogP) is 5.37. The first-order valence-electron chi connectivity index (χ1n) is 20.1. The molecule has 0 unspecified atom stereocenters. The molecule has 22 heteroatoms. The Morgan fingerprint density at radius 1 is 0.967 bits per heavy atom.